The second-order valence-electron chi connectivity index (χ2n) is 4.83. The summed E-state index contributed by atoms with van der Waals surface area (Å²) in [6.45, 7) is 5.45. The predicted octanol–water partition coefficient (Wildman–Crippen LogP) is 3.01. The molecule has 0 radical (unpaired) electrons. The van der Waals surface area contributed by atoms with E-state index in [0.717, 1.165) is 23.9 Å². The molecule has 0 fully saturated rings. The standard InChI is InChI=1S/C14H18O3/c1-14(2)8-11(17-10-14)9-16-13-7-5-4-6-12(13)15-3/h4-8H,9-10H2,1-3H3. The lowest BCUT2D eigenvalue weighted by Gasteiger charge is -2.11. The van der Waals surface area contributed by atoms with Gasteiger partial charge in [-0.3, -0.25) is 0 Å². The van der Waals surface area contributed by atoms with Crippen molar-refractivity contribution in [2.75, 3.05) is 20.3 Å². The van der Waals surface area contributed by atoms with Gasteiger partial charge in [-0.15, -0.1) is 0 Å². The molecule has 0 unspecified atom stereocenters. The highest BCUT2D eigenvalue weighted by atomic mass is 16.5. The van der Waals surface area contributed by atoms with Gasteiger partial charge in [0.1, 0.15) is 12.4 Å². The minimum absolute atomic E-state index is 0.111. The normalized spacial score (nSPS) is 17.2. The number of hydrogen-bond acceptors (Lipinski definition) is 3. The zero-order valence-corrected chi connectivity index (χ0v) is 10.5. The molecule has 2 rings (SSSR count). The first-order chi connectivity index (χ1) is 8.11. The average Bonchev–Trinajstić information content (AvgIpc) is 2.67. The third-order valence-electron chi connectivity index (χ3n) is 2.62. The van der Waals surface area contributed by atoms with Gasteiger partial charge in [0, 0.05) is 5.41 Å². The van der Waals surface area contributed by atoms with Crippen LogP contribution in [0.25, 0.3) is 0 Å². The van der Waals surface area contributed by atoms with E-state index in [2.05, 4.69) is 19.9 Å². The van der Waals surface area contributed by atoms with Crippen molar-refractivity contribution in [3.63, 3.8) is 0 Å². The van der Waals surface area contributed by atoms with E-state index in [1.807, 2.05) is 24.3 Å². The molecule has 92 valence electrons. The molecule has 1 aliphatic rings. The topological polar surface area (TPSA) is 27.7 Å². The Kier molecular flexibility index (Phi) is 3.27. The summed E-state index contributed by atoms with van der Waals surface area (Å²) >= 11 is 0. The average molecular weight is 234 g/mol. The van der Waals surface area contributed by atoms with Crippen molar-refractivity contribution >= 4 is 0 Å². The third-order valence-corrected chi connectivity index (χ3v) is 2.62. The van der Waals surface area contributed by atoms with Crippen LogP contribution in [0.4, 0.5) is 0 Å². The van der Waals surface area contributed by atoms with Crippen molar-refractivity contribution in [2.45, 2.75) is 13.8 Å². The molecular weight excluding hydrogens is 216 g/mol. The van der Waals surface area contributed by atoms with Crippen molar-refractivity contribution in [3.8, 4) is 11.5 Å². The third kappa shape index (κ3) is 2.93. The molecule has 3 heteroatoms. The minimum atomic E-state index is 0.111. The summed E-state index contributed by atoms with van der Waals surface area (Å²) in [5.74, 6) is 2.37. The fraction of sp³-hybridized carbons (Fsp3) is 0.429. The van der Waals surface area contributed by atoms with Crippen LogP contribution in [0.3, 0.4) is 0 Å². The molecular formula is C14H18O3. The van der Waals surface area contributed by atoms with E-state index in [-0.39, 0.29) is 5.41 Å². The largest absolute Gasteiger partial charge is 0.494 e. The van der Waals surface area contributed by atoms with E-state index in [1.165, 1.54) is 0 Å². The highest BCUT2D eigenvalue weighted by molar-refractivity contribution is 5.39. The van der Waals surface area contributed by atoms with Gasteiger partial charge in [-0.2, -0.15) is 0 Å². The zero-order valence-electron chi connectivity index (χ0n) is 10.5. The second kappa shape index (κ2) is 4.70. The smallest absolute Gasteiger partial charge is 0.161 e. The van der Waals surface area contributed by atoms with Gasteiger partial charge >= 0.3 is 0 Å². The molecule has 1 heterocycles. The van der Waals surface area contributed by atoms with Crippen LogP contribution in [-0.2, 0) is 4.74 Å². The van der Waals surface area contributed by atoms with Crippen LogP contribution in [0, 0.1) is 5.41 Å². The van der Waals surface area contributed by atoms with Gasteiger partial charge in [0.2, 0.25) is 0 Å². The Labute approximate surface area is 102 Å². The Morgan fingerprint density at radius 2 is 1.94 bits per heavy atom. The number of hydrogen-bond donors (Lipinski definition) is 0. The molecule has 17 heavy (non-hydrogen) atoms. The molecule has 0 saturated heterocycles. The Hall–Kier alpha value is -1.64. The maximum Gasteiger partial charge on any atom is 0.161 e. The molecule has 0 spiro atoms. The van der Waals surface area contributed by atoms with E-state index in [1.54, 1.807) is 7.11 Å². The highest BCUT2D eigenvalue weighted by Crippen LogP contribution is 2.30. The molecule has 1 aromatic rings. The van der Waals surface area contributed by atoms with Crippen molar-refractivity contribution in [3.05, 3.63) is 36.1 Å². The van der Waals surface area contributed by atoms with Crippen LogP contribution in [0.2, 0.25) is 0 Å². The van der Waals surface area contributed by atoms with Gasteiger partial charge in [0.25, 0.3) is 0 Å². The zero-order chi connectivity index (χ0) is 12.3. The van der Waals surface area contributed by atoms with Gasteiger partial charge in [0.15, 0.2) is 11.5 Å². The fourth-order valence-electron chi connectivity index (χ4n) is 1.77. The summed E-state index contributed by atoms with van der Waals surface area (Å²) in [4.78, 5) is 0. The lowest BCUT2D eigenvalue weighted by atomic mass is 9.96. The van der Waals surface area contributed by atoms with Crippen molar-refractivity contribution in [1.29, 1.82) is 0 Å². The van der Waals surface area contributed by atoms with Crippen LogP contribution in [0.1, 0.15) is 13.8 Å². The van der Waals surface area contributed by atoms with Crippen LogP contribution in [0.5, 0.6) is 11.5 Å². The summed E-state index contributed by atoms with van der Waals surface area (Å²) < 4.78 is 16.5. The van der Waals surface area contributed by atoms with E-state index in [9.17, 15) is 0 Å². The molecule has 1 aliphatic heterocycles. The molecule has 0 atom stereocenters. The monoisotopic (exact) mass is 234 g/mol. The maximum absolute atomic E-state index is 5.69. The molecule has 0 saturated carbocycles. The Morgan fingerprint density at radius 3 is 2.53 bits per heavy atom. The van der Waals surface area contributed by atoms with Gasteiger partial charge < -0.3 is 14.2 Å². The van der Waals surface area contributed by atoms with Crippen LogP contribution < -0.4 is 9.47 Å². The van der Waals surface area contributed by atoms with Gasteiger partial charge in [-0.1, -0.05) is 26.0 Å². The Morgan fingerprint density at radius 1 is 1.24 bits per heavy atom. The van der Waals surface area contributed by atoms with E-state index >= 15 is 0 Å². The minimum Gasteiger partial charge on any atom is -0.494 e. The first-order valence-electron chi connectivity index (χ1n) is 5.71. The number of benzene rings is 1. The van der Waals surface area contributed by atoms with Crippen LogP contribution >= 0.6 is 0 Å². The molecule has 3 nitrogen and oxygen atoms in total. The predicted molar refractivity (Wildman–Crippen MR) is 66.3 cm³/mol. The second-order valence-corrected chi connectivity index (χ2v) is 4.83. The van der Waals surface area contributed by atoms with Crippen molar-refractivity contribution < 1.29 is 14.2 Å². The summed E-state index contributed by atoms with van der Waals surface area (Å²) in [6, 6.07) is 7.61. The molecule has 0 bridgehead atoms. The van der Waals surface area contributed by atoms with E-state index in [0.29, 0.717) is 6.61 Å². The summed E-state index contributed by atoms with van der Waals surface area (Å²) in [6.07, 6.45) is 2.11. The van der Waals surface area contributed by atoms with Crippen LogP contribution in [-0.4, -0.2) is 20.3 Å². The van der Waals surface area contributed by atoms with Gasteiger partial charge in [-0.25, -0.2) is 0 Å². The van der Waals surface area contributed by atoms with Crippen molar-refractivity contribution in [1.82, 2.24) is 0 Å². The van der Waals surface area contributed by atoms with Gasteiger partial charge in [-0.05, 0) is 18.2 Å². The highest BCUT2D eigenvalue weighted by Gasteiger charge is 2.24. The lowest BCUT2D eigenvalue weighted by molar-refractivity contribution is 0.156. The van der Waals surface area contributed by atoms with E-state index < -0.39 is 0 Å². The number of para-hydroxylation sites is 2. The number of rotatable bonds is 4. The number of methoxy groups -OCH3 is 1. The summed E-state index contributed by atoms with van der Waals surface area (Å²) in [7, 11) is 1.64. The summed E-state index contributed by atoms with van der Waals surface area (Å²) in [5.41, 5.74) is 0.111. The molecule has 0 amide bonds. The Bertz CT molecular complexity index is 421. The van der Waals surface area contributed by atoms with Crippen LogP contribution in [0.15, 0.2) is 36.1 Å². The fourth-order valence-corrected chi connectivity index (χ4v) is 1.77. The quantitative estimate of drug-likeness (QED) is 0.801. The summed E-state index contributed by atoms with van der Waals surface area (Å²) in [5, 5.41) is 0. The van der Waals surface area contributed by atoms with Gasteiger partial charge in [0.05, 0.1) is 13.7 Å². The maximum atomic E-state index is 5.69. The first kappa shape index (κ1) is 11.8. The molecule has 0 aromatic heterocycles. The Balaban J connectivity index is 1.99. The number of ether oxygens (including phenoxy) is 3. The molecule has 0 N–H and O–H groups in total. The first-order valence-corrected chi connectivity index (χ1v) is 5.71. The molecule has 0 aliphatic carbocycles. The molecule has 1 aromatic carbocycles. The lowest BCUT2D eigenvalue weighted by Crippen LogP contribution is -2.08. The van der Waals surface area contributed by atoms with E-state index in [4.69, 9.17) is 14.2 Å². The SMILES string of the molecule is COc1ccccc1OCC1=CC(C)(C)CO1. The van der Waals surface area contributed by atoms with Crippen molar-refractivity contribution in [2.24, 2.45) is 5.41 Å².